The van der Waals surface area contributed by atoms with Crippen molar-refractivity contribution < 1.29 is 9.53 Å². The van der Waals surface area contributed by atoms with Crippen molar-refractivity contribution in [3.63, 3.8) is 0 Å². The standard InChI is InChI=1S/C24H22N2O3S2/c1-14-6-9-18-19(10-14)31-24-22(18)23(28)25-20(26-24)12-29-21(27)13-30-17-8-7-15-4-2-3-5-16(15)11-17/h2-5,7-8,11,14H,6,9-10,12-13H2,1H3,(H,25,26,28)/t14-/m0/s1. The molecule has 0 saturated carbocycles. The molecule has 2 aromatic heterocycles. The number of rotatable bonds is 5. The lowest BCUT2D eigenvalue weighted by Crippen LogP contribution is -2.16. The molecule has 5 rings (SSSR count). The molecule has 4 aromatic rings. The number of nitrogens with one attached hydrogen (secondary N) is 1. The third-order valence-corrected chi connectivity index (χ3v) is 7.78. The third-order valence-electron chi connectivity index (χ3n) is 5.66. The zero-order valence-electron chi connectivity index (χ0n) is 17.1. The molecule has 2 aromatic carbocycles. The molecule has 158 valence electrons. The summed E-state index contributed by atoms with van der Waals surface area (Å²) in [7, 11) is 0. The summed E-state index contributed by atoms with van der Waals surface area (Å²) in [5.41, 5.74) is 1.02. The highest BCUT2D eigenvalue weighted by Crippen LogP contribution is 2.35. The van der Waals surface area contributed by atoms with Gasteiger partial charge in [0.25, 0.3) is 5.56 Å². The molecule has 7 heteroatoms. The van der Waals surface area contributed by atoms with Crippen LogP contribution < -0.4 is 5.56 Å². The minimum absolute atomic E-state index is 0.0265. The summed E-state index contributed by atoms with van der Waals surface area (Å²) in [6, 6.07) is 14.3. The zero-order valence-corrected chi connectivity index (χ0v) is 18.8. The molecule has 0 spiro atoms. The predicted octanol–water partition coefficient (Wildman–Crippen LogP) is 5.10. The van der Waals surface area contributed by atoms with Gasteiger partial charge in [0.2, 0.25) is 0 Å². The number of ether oxygens (including phenoxy) is 1. The van der Waals surface area contributed by atoms with Crippen molar-refractivity contribution in [1.82, 2.24) is 9.97 Å². The topological polar surface area (TPSA) is 72.0 Å². The maximum atomic E-state index is 12.6. The van der Waals surface area contributed by atoms with E-state index in [1.807, 2.05) is 24.3 Å². The normalized spacial score (nSPS) is 15.8. The first-order chi connectivity index (χ1) is 15.1. The van der Waals surface area contributed by atoms with Crippen molar-refractivity contribution >= 4 is 50.1 Å². The van der Waals surface area contributed by atoms with Gasteiger partial charge in [-0.3, -0.25) is 9.59 Å². The highest BCUT2D eigenvalue weighted by Gasteiger charge is 2.23. The second-order valence-corrected chi connectivity index (χ2v) is 10.1. The van der Waals surface area contributed by atoms with Crippen LogP contribution in [0.2, 0.25) is 0 Å². The first-order valence-electron chi connectivity index (χ1n) is 10.4. The molecule has 0 radical (unpaired) electrons. The molecular formula is C24H22N2O3S2. The van der Waals surface area contributed by atoms with Gasteiger partial charge in [0.05, 0.1) is 11.1 Å². The lowest BCUT2D eigenvalue weighted by Gasteiger charge is -2.17. The highest BCUT2D eigenvalue weighted by atomic mass is 32.2. The summed E-state index contributed by atoms with van der Waals surface area (Å²) < 4.78 is 5.37. The number of aromatic nitrogens is 2. The van der Waals surface area contributed by atoms with Crippen molar-refractivity contribution in [2.75, 3.05) is 5.75 Å². The molecule has 0 amide bonds. The Hall–Kier alpha value is -2.64. The number of fused-ring (bicyclic) bond motifs is 4. The number of hydrogen-bond acceptors (Lipinski definition) is 6. The number of H-pyrrole nitrogens is 1. The van der Waals surface area contributed by atoms with Crippen LogP contribution in [0.5, 0.6) is 0 Å². The van der Waals surface area contributed by atoms with Crippen LogP contribution in [0.4, 0.5) is 0 Å². The van der Waals surface area contributed by atoms with Crippen molar-refractivity contribution in [1.29, 1.82) is 0 Å². The van der Waals surface area contributed by atoms with Crippen LogP contribution in [0.1, 0.15) is 29.6 Å². The molecule has 5 nitrogen and oxygen atoms in total. The van der Waals surface area contributed by atoms with Gasteiger partial charge in [0.15, 0.2) is 0 Å². The van der Waals surface area contributed by atoms with Gasteiger partial charge in [-0.05, 0) is 53.6 Å². The van der Waals surface area contributed by atoms with E-state index in [1.54, 1.807) is 11.3 Å². The Balaban J connectivity index is 1.24. The van der Waals surface area contributed by atoms with Crippen molar-refractivity contribution in [3.05, 3.63) is 69.1 Å². The van der Waals surface area contributed by atoms with Crippen molar-refractivity contribution in [2.24, 2.45) is 5.92 Å². The van der Waals surface area contributed by atoms with Gasteiger partial charge >= 0.3 is 5.97 Å². The first-order valence-corrected chi connectivity index (χ1v) is 12.2. The van der Waals surface area contributed by atoms with Gasteiger partial charge in [0, 0.05) is 9.77 Å². The van der Waals surface area contributed by atoms with Crippen molar-refractivity contribution in [3.8, 4) is 0 Å². The van der Waals surface area contributed by atoms with E-state index in [9.17, 15) is 9.59 Å². The maximum absolute atomic E-state index is 12.6. The predicted molar refractivity (Wildman–Crippen MR) is 126 cm³/mol. The Morgan fingerprint density at radius 2 is 2.10 bits per heavy atom. The monoisotopic (exact) mass is 450 g/mol. The Kier molecular flexibility index (Phi) is 5.54. The van der Waals surface area contributed by atoms with E-state index in [-0.39, 0.29) is 23.9 Å². The van der Waals surface area contributed by atoms with Gasteiger partial charge in [-0.25, -0.2) is 4.98 Å². The summed E-state index contributed by atoms with van der Waals surface area (Å²) in [4.78, 5) is 35.3. The molecule has 0 fully saturated rings. The van der Waals surface area contributed by atoms with E-state index in [4.69, 9.17) is 4.74 Å². The molecule has 2 heterocycles. The van der Waals surface area contributed by atoms with Gasteiger partial charge in [-0.15, -0.1) is 23.1 Å². The van der Waals surface area contributed by atoms with E-state index in [0.29, 0.717) is 17.1 Å². The van der Waals surface area contributed by atoms with Crippen LogP contribution in [0, 0.1) is 5.92 Å². The lowest BCUT2D eigenvalue weighted by molar-refractivity contribution is -0.141. The summed E-state index contributed by atoms with van der Waals surface area (Å²) in [5, 5.41) is 3.03. The summed E-state index contributed by atoms with van der Waals surface area (Å²) >= 11 is 3.04. The molecule has 0 aliphatic heterocycles. The van der Waals surface area contributed by atoms with Gasteiger partial charge in [-0.2, -0.15) is 0 Å². The van der Waals surface area contributed by atoms with Crippen molar-refractivity contribution in [2.45, 2.75) is 37.7 Å². The number of thiophene rings is 1. The molecule has 1 aliphatic carbocycles. The minimum Gasteiger partial charge on any atom is -0.457 e. The average Bonchev–Trinajstić information content (AvgIpc) is 3.14. The van der Waals surface area contributed by atoms with E-state index < -0.39 is 0 Å². The smallest absolute Gasteiger partial charge is 0.316 e. The Bertz CT molecular complexity index is 1340. The average molecular weight is 451 g/mol. The molecule has 0 unspecified atom stereocenters. The fourth-order valence-corrected chi connectivity index (χ4v) is 6.20. The van der Waals surface area contributed by atoms with Crippen LogP contribution in [0.25, 0.3) is 21.0 Å². The summed E-state index contributed by atoms with van der Waals surface area (Å²) in [5.74, 6) is 0.907. The number of carbonyl (C=O) groups is 1. The van der Waals surface area contributed by atoms with E-state index >= 15 is 0 Å². The van der Waals surface area contributed by atoms with Crippen LogP contribution in [0.15, 0.2) is 52.2 Å². The number of nitrogens with zero attached hydrogens (tertiary/aromatic N) is 1. The van der Waals surface area contributed by atoms with E-state index in [2.05, 4.69) is 35.1 Å². The molecule has 0 saturated heterocycles. The minimum atomic E-state index is -0.333. The fraction of sp³-hybridized carbons (Fsp3) is 0.292. The molecule has 0 bridgehead atoms. The van der Waals surface area contributed by atoms with Gasteiger partial charge in [0.1, 0.15) is 17.3 Å². The number of aromatic amines is 1. The molecular weight excluding hydrogens is 428 g/mol. The Labute approximate surface area is 187 Å². The Morgan fingerprint density at radius 3 is 2.97 bits per heavy atom. The molecule has 31 heavy (non-hydrogen) atoms. The lowest BCUT2D eigenvalue weighted by atomic mass is 9.89. The molecule has 1 N–H and O–H groups in total. The number of aryl methyl sites for hydroxylation is 1. The molecule has 1 aliphatic rings. The quantitative estimate of drug-likeness (QED) is 0.338. The highest BCUT2D eigenvalue weighted by molar-refractivity contribution is 8.00. The van der Waals surface area contributed by atoms with Crippen LogP contribution in [0.3, 0.4) is 0 Å². The second-order valence-electron chi connectivity index (χ2n) is 8.00. The third kappa shape index (κ3) is 4.25. The first kappa shape index (κ1) is 20.3. The second kappa shape index (κ2) is 8.48. The zero-order chi connectivity index (χ0) is 21.4. The molecule has 1 atom stereocenters. The number of esters is 1. The summed E-state index contributed by atoms with van der Waals surface area (Å²) in [6.07, 6.45) is 3.04. The van der Waals surface area contributed by atoms with Crippen LogP contribution in [-0.2, 0) is 29.0 Å². The van der Waals surface area contributed by atoms with E-state index in [1.165, 1.54) is 22.0 Å². The van der Waals surface area contributed by atoms with Crippen LogP contribution in [-0.4, -0.2) is 21.7 Å². The number of hydrogen-bond donors (Lipinski definition) is 1. The maximum Gasteiger partial charge on any atom is 0.316 e. The summed E-state index contributed by atoms with van der Waals surface area (Å²) in [6.45, 7) is 2.22. The number of benzene rings is 2. The van der Waals surface area contributed by atoms with Gasteiger partial charge in [-0.1, -0.05) is 37.3 Å². The number of thioether (sulfide) groups is 1. The van der Waals surface area contributed by atoms with E-state index in [0.717, 1.165) is 39.9 Å². The Morgan fingerprint density at radius 1 is 1.26 bits per heavy atom. The fourth-order valence-electron chi connectivity index (χ4n) is 4.05. The van der Waals surface area contributed by atoms with Crippen LogP contribution >= 0.6 is 23.1 Å². The van der Waals surface area contributed by atoms with Gasteiger partial charge < -0.3 is 9.72 Å². The largest absolute Gasteiger partial charge is 0.457 e. The number of carbonyl (C=O) groups excluding carboxylic acids is 1. The SMILES string of the molecule is C[C@H]1CCc2c(sc3nc(COC(=O)CSc4ccc5ccccc5c4)[nH]c(=O)c23)C1.